The Morgan fingerprint density at radius 2 is 2.40 bits per heavy atom. The summed E-state index contributed by atoms with van der Waals surface area (Å²) >= 11 is 7.93. The van der Waals surface area contributed by atoms with Crippen LogP contribution in [0.2, 0.25) is 5.02 Å². The molecule has 1 aliphatic rings. The van der Waals surface area contributed by atoms with Gasteiger partial charge in [-0.05, 0) is 31.4 Å². The fourth-order valence-electron chi connectivity index (χ4n) is 2.96. The van der Waals surface area contributed by atoms with E-state index in [2.05, 4.69) is 24.1 Å². The quantitative estimate of drug-likeness (QED) is 0.873. The number of hydrogen-bond donors (Lipinski definition) is 2. The lowest BCUT2D eigenvalue weighted by atomic mass is 9.81. The first kappa shape index (κ1) is 16.1. The molecule has 0 aromatic carbocycles. The molecule has 1 aromatic rings. The predicted octanol–water partition coefficient (Wildman–Crippen LogP) is 3.50. The molecule has 112 valence electrons. The molecule has 1 aliphatic carbocycles. The van der Waals surface area contributed by atoms with E-state index in [1.807, 2.05) is 12.1 Å². The van der Waals surface area contributed by atoms with Gasteiger partial charge in [-0.15, -0.1) is 11.8 Å². The average molecular weight is 315 g/mol. The van der Waals surface area contributed by atoms with Crippen LogP contribution in [0.25, 0.3) is 0 Å². The molecule has 0 radical (unpaired) electrons. The smallest absolute Gasteiger partial charge is 0.115 e. The highest BCUT2D eigenvalue weighted by molar-refractivity contribution is 8.00. The van der Waals surface area contributed by atoms with Crippen molar-refractivity contribution in [1.82, 2.24) is 10.3 Å². The number of rotatable bonds is 5. The lowest BCUT2D eigenvalue weighted by Gasteiger charge is -2.41. The molecule has 1 aromatic heterocycles. The second kappa shape index (κ2) is 7.12. The van der Waals surface area contributed by atoms with Crippen LogP contribution in [0.3, 0.4) is 0 Å². The van der Waals surface area contributed by atoms with Gasteiger partial charge in [-0.2, -0.15) is 0 Å². The Kier molecular flexibility index (Phi) is 5.73. The third-order valence-corrected chi connectivity index (χ3v) is 5.40. The third-order valence-electron chi connectivity index (χ3n) is 3.70. The van der Waals surface area contributed by atoms with Gasteiger partial charge in [0.15, 0.2) is 0 Å². The molecule has 1 heterocycles. The van der Waals surface area contributed by atoms with Gasteiger partial charge < -0.3 is 10.4 Å². The molecule has 2 unspecified atom stereocenters. The van der Waals surface area contributed by atoms with Gasteiger partial charge in [-0.25, -0.2) is 4.98 Å². The topological polar surface area (TPSA) is 45.1 Å². The molecular weight excluding hydrogens is 292 g/mol. The minimum absolute atomic E-state index is 0.147. The molecule has 2 rings (SSSR count). The summed E-state index contributed by atoms with van der Waals surface area (Å²) in [5.41, 5.74) is -0.147. The van der Waals surface area contributed by atoms with Crippen LogP contribution in [0.5, 0.6) is 0 Å². The van der Waals surface area contributed by atoms with Gasteiger partial charge in [0, 0.05) is 23.0 Å². The van der Waals surface area contributed by atoms with Crippen LogP contribution in [-0.4, -0.2) is 33.5 Å². The molecule has 1 fully saturated rings. The highest BCUT2D eigenvalue weighted by Gasteiger charge is 2.36. The zero-order valence-electron chi connectivity index (χ0n) is 12.1. The molecule has 2 atom stereocenters. The van der Waals surface area contributed by atoms with Crippen molar-refractivity contribution < 1.29 is 5.11 Å². The van der Waals surface area contributed by atoms with Crippen LogP contribution >= 0.6 is 23.4 Å². The second-order valence-corrected chi connectivity index (χ2v) is 7.56. The summed E-state index contributed by atoms with van der Waals surface area (Å²) < 4.78 is 0. The predicted molar refractivity (Wildman–Crippen MR) is 85.4 cm³/mol. The van der Waals surface area contributed by atoms with Gasteiger partial charge in [0.05, 0.1) is 11.6 Å². The average Bonchev–Trinajstić information content (AvgIpc) is 2.41. The molecule has 0 amide bonds. The third kappa shape index (κ3) is 4.10. The Labute approximate surface area is 130 Å². The number of aliphatic hydroxyl groups is 1. The molecule has 20 heavy (non-hydrogen) atoms. The summed E-state index contributed by atoms with van der Waals surface area (Å²) in [6, 6.07) is 4.11. The molecule has 1 saturated carbocycles. The van der Waals surface area contributed by atoms with Crippen LogP contribution in [0.15, 0.2) is 23.4 Å². The van der Waals surface area contributed by atoms with Gasteiger partial charge in [-0.1, -0.05) is 31.9 Å². The van der Waals surface area contributed by atoms with Crippen LogP contribution < -0.4 is 5.32 Å². The molecule has 2 N–H and O–H groups in total. The maximum Gasteiger partial charge on any atom is 0.115 e. The molecule has 0 aliphatic heterocycles. The lowest BCUT2D eigenvalue weighted by molar-refractivity contribution is 0.115. The van der Waals surface area contributed by atoms with E-state index >= 15 is 0 Å². The van der Waals surface area contributed by atoms with Gasteiger partial charge >= 0.3 is 0 Å². The van der Waals surface area contributed by atoms with E-state index in [0.29, 0.717) is 11.3 Å². The fraction of sp³-hybridized carbons (Fsp3) is 0.667. The van der Waals surface area contributed by atoms with Gasteiger partial charge in [0.25, 0.3) is 0 Å². The Morgan fingerprint density at radius 1 is 1.60 bits per heavy atom. The second-order valence-electron chi connectivity index (χ2n) is 5.86. The van der Waals surface area contributed by atoms with Crippen LogP contribution in [0.4, 0.5) is 0 Å². The van der Waals surface area contributed by atoms with Crippen LogP contribution in [0.1, 0.15) is 39.5 Å². The van der Waals surface area contributed by atoms with Crippen molar-refractivity contribution >= 4 is 23.4 Å². The first-order valence-electron chi connectivity index (χ1n) is 7.20. The number of nitrogens with zero attached hydrogens (tertiary/aromatic N) is 1. The number of halogens is 1. The minimum Gasteiger partial charge on any atom is -0.394 e. The zero-order valence-corrected chi connectivity index (χ0v) is 13.7. The fourth-order valence-corrected chi connectivity index (χ4v) is 4.52. The normalized spacial score (nSPS) is 26.9. The van der Waals surface area contributed by atoms with Crippen molar-refractivity contribution in [2.24, 2.45) is 0 Å². The van der Waals surface area contributed by atoms with Crippen LogP contribution in [-0.2, 0) is 0 Å². The van der Waals surface area contributed by atoms with E-state index in [0.717, 1.165) is 35.7 Å². The van der Waals surface area contributed by atoms with E-state index in [-0.39, 0.29) is 12.1 Å². The van der Waals surface area contributed by atoms with E-state index in [1.54, 1.807) is 18.0 Å². The lowest BCUT2D eigenvalue weighted by Crippen LogP contribution is -2.54. The zero-order chi connectivity index (χ0) is 14.6. The van der Waals surface area contributed by atoms with E-state index in [1.165, 1.54) is 0 Å². The van der Waals surface area contributed by atoms with Crippen molar-refractivity contribution in [3.63, 3.8) is 0 Å². The number of aliphatic hydroxyl groups excluding tert-OH is 1. The summed E-state index contributed by atoms with van der Waals surface area (Å²) in [5, 5.41) is 15.4. The standard InChI is InChI=1S/C15H23ClN2OS/c1-11(2)18-15(10-19)7-3-5-12(9-15)20-14-13(16)6-4-8-17-14/h4,6,8,11-12,18-19H,3,5,7,9-10H2,1-2H3. The van der Waals surface area contributed by atoms with E-state index in [4.69, 9.17) is 11.6 Å². The Balaban J connectivity index is 2.04. The number of thioether (sulfide) groups is 1. The molecule has 5 heteroatoms. The largest absolute Gasteiger partial charge is 0.394 e. The van der Waals surface area contributed by atoms with Gasteiger partial charge in [-0.3, -0.25) is 0 Å². The highest BCUT2D eigenvalue weighted by atomic mass is 35.5. The molecule has 3 nitrogen and oxygen atoms in total. The maximum absolute atomic E-state index is 9.82. The van der Waals surface area contributed by atoms with E-state index < -0.39 is 0 Å². The summed E-state index contributed by atoms with van der Waals surface area (Å²) in [7, 11) is 0. The van der Waals surface area contributed by atoms with Gasteiger partial charge in [0.2, 0.25) is 0 Å². The number of nitrogens with one attached hydrogen (secondary N) is 1. The summed E-state index contributed by atoms with van der Waals surface area (Å²) in [6.45, 7) is 4.45. The minimum atomic E-state index is -0.147. The monoisotopic (exact) mass is 314 g/mol. The summed E-state index contributed by atoms with van der Waals surface area (Å²) in [5.74, 6) is 0. The number of hydrogen-bond acceptors (Lipinski definition) is 4. The van der Waals surface area contributed by atoms with E-state index in [9.17, 15) is 5.11 Å². The maximum atomic E-state index is 9.82. The first-order chi connectivity index (χ1) is 9.54. The Morgan fingerprint density at radius 3 is 3.05 bits per heavy atom. The van der Waals surface area contributed by atoms with Gasteiger partial charge in [0.1, 0.15) is 5.03 Å². The van der Waals surface area contributed by atoms with Crippen molar-refractivity contribution in [2.75, 3.05) is 6.61 Å². The Hall–Kier alpha value is -0.290. The van der Waals surface area contributed by atoms with Crippen molar-refractivity contribution in [3.05, 3.63) is 23.4 Å². The molecule has 0 spiro atoms. The Bertz CT molecular complexity index is 444. The molecule has 0 bridgehead atoms. The van der Waals surface area contributed by atoms with Crippen molar-refractivity contribution in [1.29, 1.82) is 0 Å². The molecular formula is C15H23ClN2OS. The van der Waals surface area contributed by atoms with Crippen molar-refractivity contribution in [2.45, 2.75) is 61.4 Å². The first-order valence-corrected chi connectivity index (χ1v) is 8.46. The van der Waals surface area contributed by atoms with Crippen molar-refractivity contribution in [3.8, 4) is 0 Å². The molecule has 0 saturated heterocycles. The SMILES string of the molecule is CC(C)NC1(CO)CCCC(Sc2ncccc2Cl)C1. The summed E-state index contributed by atoms with van der Waals surface area (Å²) in [6.07, 6.45) is 6.05. The number of pyridine rings is 1. The highest BCUT2D eigenvalue weighted by Crippen LogP contribution is 2.39. The number of aromatic nitrogens is 1. The van der Waals surface area contributed by atoms with Crippen LogP contribution in [0, 0.1) is 0 Å². The summed E-state index contributed by atoms with van der Waals surface area (Å²) in [4.78, 5) is 4.36.